The normalized spacial score (nSPS) is 25.8. The van der Waals surface area contributed by atoms with Crippen LogP contribution in [0.5, 0.6) is 11.5 Å². The van der Waals surface area contributed by atoms with Crippen molar-refractivity contribution in [3.63, 3.8) is 0 Å². The first-order valence-electron chi connectivity index (χ1n) is 17.9. The van der Waals surface area contributed by atoms with Crippen LogP contribution in [0.15, 0.2) is 52.3 Å². The van der Waals surface area contributed by atoms with Crippen molar-refractivity contribution in [1.82, 2.24) is 9.88 Å². The van der Waals surface area contributed by atoms with E-state index in [4.69, 9.17) is 14.2 Å². The van der Waals surface area contributed by atoms with Crippen LogP contribution in [0.1, 0.15) is 67.3 Å². The molecule has 3 amide bonds. The van der Waals surface area contributed by atoms with Gasteiger partial charge in [0.1, 0.15) is 6.04 Å². The molecule has 1 saturated heterocycles. The standard InChI is InChI=1S/C38H41N3O10S2/c1-5-49-25-14-19(9-12-24(25)51-16-26(42)39-20-10-7-18(8-11-20)37(47)50-6-2)27-28-21-15-22(31(28)52-33-32(27)53-38(48)40-33)30-29(21)34(43)41(35(30)44)23(36(45)46)13-17(3)4/h7-12,14,17,21-23,27-31H,5-6,13,15-16H2,1-4H3,(H,39,42)(H,40,48)(H,45,46)/t21?,22?,23?,27-,28?,29?,30?,31?/m1/s1. The van der Waals surface area contributed by atoms with Crippen molar-refractivity contribution in [3.05, 3.63) is 68.1 Å². The second kappa shape index (κ2) is 14.7. The molecule has 7 unspecified atom stereocenters. The molecule has 4 aliphatic rings. The van der Waals surface area contributed by atoms with E-state index in [1.165, 1.54) is 0 Å². The second-order valence-corrected chi connectivity index (χ2v) is 16.5. The number of carboxylic acids is 1. The molecule has 3 fully saturated rings. The number of carbonyl (C=O) groups excluding carboxylic acids is 4. The van der Waals surface area contributed by atoms with Crippen LogP contribution in [0.25, 0.3) is 0 Å². The monoisotopic (exact) mass is 763 g/mol. The molecule has 3 heterocycles. The third-order valence-electron chi connectivity index (χ3n) is 10.7. The van der Waals surface area contributed by atoms with Gasteiger partial charge in [-0.1, -0.05) is 31.3 Å². The summed E-state index contributed by atoms with van der Waals surface area (Å²) in [5.41, 5.74) is 1.70. The maximum absolute atomic E-state index is 14.1. The fourth-order valence-corrected chi connectivity index (χ4v) is 11.7. The molecular weight excluding hydrogens is 723 g/mol. The van der Waals surface area contributed by atoms with Crippen molar-refractivity contribution < 1.29 is 43.3 Å². The van der Waals surface area contributed by atoms with Crippen molar-refractivity contribution in [1.29, 1.82) is 0 Å². The Morgan fingerprint density at radius 2 is 1.68 bits per heavy atom. The number of carboxylic acid groups (broad SMARTS) is 1. The zero-order valence-corrected chi connectivity index (χ0v) is 31.3. The van der Waals surface area contributed by atoms with E-state index >= 15 is 0 Å². The van der Waals surface area contributed by atoms with Crippen molar-refractivity contribution in [2.75, 3.05) is 25.1 Å². The summed E-state index contributed by atoms with van der Waals surface area (Å²) in [4.78, 5) is 82.5. The molecule has 0 radical (unpaired) electrons. The molecule has 53 heavy (non-hydrogen) atoms. The van der Waals surface area contributed by atoms with Crippen LogP contribution in [0.4, 0.5) is 5.69 Å². The second-order valence-electron chi connectivity index (χ2n) is 14.3. The van der Waals surface area contributed by atoms with E-state index in [1.54, 1.807) is 49.0 Å². The molecule has 2 aromatic carbocycles. The molecule has 2 aliphatic heterocycles. The zero-order chi connectivity index (χ0) is 37.7. The number of imide groups is 1. The van der Waals surface area contributed by atoms with Gasteiger partial charge in [0.15, 0.2) is 18.1 Å². The summed E-state index contributed by atoms with van der Waals surface area (Å²) >= 11 is 2.69. The molecule has 2 aliphatic carbocycles. The number of thiazole rings is 1. The van der Waals surface area contributed by atoms with Gasteiger partial charge in [0.25, 0.3) is 5.91 Å². The van der Waals surface area contributed by atoms with Gasteiger partial charge in [-0.25, -0.2) is 9.59 Å². The molecule has 2 saturated carbocycles. The first-order valence-corrected chi connectivity index (χ1v) is 19.6. The lowest BCUT2D eigenvalue weighted by Gasteiger charge is -2.43. The van der Waals surface area contributed by atoms with Crippen LogP contribution < -0.4 is 19.7 Å². The van der Waals surface area contributed by atoms with Gasteiger partial charge in [0.05, 0.1) is 35.6 Å². The van der Waals surface area contributed by atoms with Gasteiger partial charge in [-0.3, -0.25) is 24.1 Å². The topological polar surface area (TPSA) is 181 Å². The SMILES string of the molecule is CCOC(=O)c1ccc(NC(=O)COc2ccc([C@H]3c4sc(=O)[nH]c4SC4C5CC(C6C(=O)N(C(CC(C)C)C(=O)O)C(=O)C56)C43)cc2OCC)cc1. The molecule has 15 heteroatoms. The average molecular weight is 764 g/mol. The van der Waals surface area contributed by atoms with Crippen LogP contribution in [0.2, 0.25) is 0 Å². The number of hydrogen-bond acceptors (Lipinski definition) is 11. The summed E-state index contributed by atoms with van der Waals surface area (Å²) < 4.78 is 16.9. The molecule has 3 N–H and O–H groups in total. The summed E-state index contributed by atoms with van der Waals surface area (Å²) in [5.74, 6) is -4.04. The number of nitrogens with zero attached hydrogens (tertiary/aromatic N) is 1. The molecule has 8 atom stereocenters. The smallest absolute Gasteiger partial charge is 0.338 e. The number of fused-ring (bicyclic) bond motifs is 9. The first kappa shape index (κ1) is 36.7. The largest absolute Gasteiger partial charge is 0.490 e. The van der Waals surface area contributed by atoms with Crippen LogP contribution >= 0.6 is 23.1 Å². The number of aliphatic carboxylic acids is 1. The lowest BCUT2D eigenvalue weighted by molar-refractivity contribution is -0.156. The quantitative estimate of drug-likeness (QED) is 0.157. The van der Waals surface area contributed by atoms with Crippen LogP contribution in [0.3, 0.4) is 0 Å². The van der Waals surface area contributed by atoms with E-state index in [-0.39, 0.29) is 59.3 Å². The summed E-state index contributed by atoms with van der Waals surface area (Å²) in [6, 6.07) is 10.6. The van der Waals surface area contributed by atoms with E-state index < -0.39 is 47.5 Å². The fraction of sp³-hybridized carbons (Fsp3) is 0.474. The number of rotatable bonds is 13. The third-order valence-corrected chi connectivity index (χ3v) is 13.3. The zero-order valence-electron chi connectivity index (χ0n) is 29.7. The number of amides is 3. The fourth-order valence-electron chi connectivity index (χ4n) is 8.83. The molecule has 3 aromatic rings. The number of thioether (sulfide) groups is 1. The van der Waals surface area contributed by atoms with Crippen molar-refractivity contribution in [2.24, 2.45) is 35.5 Å². The predicted molar refractivity (Wildman–Crippen MR) is 195 cm³/mol. The molecule has 280 valence electrons. The summed E-state index contributed by atoms with van der Waals surface area (Å²) in [6.45, 7) is 7.56. The van der Waals surface area contributed by atoms with Crippen molar-refractivity contribution in [3.8, 4) is 11.5 Å². The maximum Gasteiger partial charge on any atom is 0.338 e. The Morgan fingerprint density at radius 3 is 2.34 bits per heavy atom. The maximum atomic E-state index is 14.1. The van der Waals surface area contributed by atoms with Gasteiger partial charge in [-0.15, -0.1) is 11.8 Å². The Labute approximate surface area is 313 Å². The number of likely N-dealkylation sites (tertiary alicyclic amines) is 1. The van der Waals surface area contributed by atoms with Crippen LogP contribution in [0, 0.1) is 35.5 Å². The molecule has 7 rings (SSSR count). The number of aromatic nitrogens is 1. The van der Waals surface area contributed by atoms with Crippen molar-refractivity contribution >= 4 is 58.4 Å². The van der Waals surface area contributed by atoms with Gasteiger partial charge < -0.3 is 29.6 Å². The van der Waals surface area contributed by atoms with Gasteiger partial charge in [-0.2, -0.15) is 0 Å². The Morgan fingerprint density at radius 1 is 0.962 bits per heavy atom. The van der Waals surface area contributed by atoms with Crippen molar-refractivity contribution in [2.45, 2.75) is 62.8 Å². The molecule has 1 aromatic heterocycles. The molecule has 13 nitrogen and oxygen atoms in total. The Hall–Kier alpha value is -4.63. The van der Waals surface area contributed by atoms with Gasteiger partial charge in [-0.05, 0) is 92.3 Å². The number of hydrogen-bond donors (Lipinski definition) is 3. The van der Waals surface area contributed by atoms with Gasteiger partial charge in [0.2, 0.25) is 11.8 Å². The molecular formula is C38H41N3O10S2. The van der Waals surface area contributed by atoms with E-state index in [0.717, 1.165) is 31.7 Å². The number of H-pyrrole nitrogens is 1. The molecule has 2 bridgehead atoms. The minimum atomic E-state index is -1.20. The number of esters is 1. The Bertz CT molecular complexity index is 2010. The van der Waals surface area contributed by atoms with Gasteiger partial charge in [0, 0.05) is 21.7 Å². The van der Waals surface area contributed by atoms with Crippen LogP contribution in [-0.2, 0) is 23.9 Å². The highest BCUT2D eigenvalue weighted by Gasteiger charge is 2.70. The first-order chi connectivity index (χ1) is 25.4. The Balaban J connectivity index is 1.14. The average Bonchev–Trinajstić information content (AvgIpc) is 3.86. The summed E-state index contributed by atoms with van der Waals surface area (Å²) in [5, 5.41) is 13.5. The van der Waals surface area contributed by atoms with E-state index in [9.17, 15) is 33.9 Å². The van der Waals surface area contributed by atoms with E-state index in [2.05, 4.69) is 10.3 Å². The Kier molecular flexibility index (Phi) is 10.2. The number of carbonyl (C=O) groups is 5. The number of aromatic amines is 1. The van der Waals surface area contributed by atoms with E-state index in [0.29, 0.717) is 35.8 Å². The number of benzene rings is 2. The third kappa shape index (κ3) is 6.62. The van der Waals surface area contributed by atoms with Gasteiger partial charge >= 0.3 is 16.8 Å². The highest BCUT2D eigenvalue weighted by molar-refractivity contribution is 8.00. The summed E-state index contributed by atoms with van der Waals surface area (Å²) in [6.07, 6.45) is 0.853. The minimum Gasteiger partial charge on any atom is -0.490 e. The predicted octanol–water partition coefficient (Wildman–Crippen LogP) is 5.00. The lowest BCUT2D eigenvalue weighted by Crippen LogP contribution is -2.47. The minimum absolute atomic E-state index is 0.0264. The summed E-state index contributed by atoms with van der Waals surface area (Å²) in [7, 11) is 0. The van der Waals surface area contributed by atoms with Crippen LogP contribution in [-0.4, -0.2) is 75.8 Å². The number of ether oxygens (including phenoxy) is 3. The lowest BCUT2D eigenvalue weighted by atomic mass is 9.68. The number of nitrogens with one attached hydrogen (secondary N) is 2. The number of anilines is 1. The highest BCUT2D eigenvalue weighted by atomic mass is 32.2. The molecule has 0 spiro atoms. The van der Waals surface area contributed by atoms with E-state index in [1.807, 2.05) is 32.9 Å². The highest BCUT2D eigenvalue weighted by Crippen LogP contribution is 2.68.